The van der Waals surface area contributed by atoms with Gasteiger partial charge < -0.3 is 5.32 Å². The third-order valence-electron chi connectivity index (χ3n) is 5.01. The van der Waals surface area contributed by atoms with Gasteiger partial charge >= 0.3 is 5.69 Å². The average molecular weight is 433 g/mol. The highest BCUT2D eigenvalue weighted by Crippen LogP contribution is 2.06. The summed E-state index contributed by atoms with van der Waals surface area (Å²) < 4.78 is 15.3. The van der Waals surface area contributed by atoms with Gasteiger partial charge in [-0.2, -0.15) is 0 Å². The molecular weight excluding hydrogens is 413 g/mol. The van der Waals surface area contributed by atoms with Gasteiger partial charge in [-0.05, 0) is 30.2 Å². The van der Waals surface area contributed by atoms with Crippen molar-refractivity contribution in [1.82, 2.24) is 24.4 Å². The van der Waals surface area contributed by atoms with Crippen molar-refractivity contribution in [2.75, 3.05) is 0 Å². The molecule has 4 rings (SSSR count). The maximum atomic E-state index is 13.2. The summed E-state index contributed by atoms with van der Waals surface area (Å²) in [6.07, 6.45) is 2.70. The Morgan fingerprint density at radius 1 is 0.938 bits per heavy atom. The highest BCUT2D eigenvalue weighted by Gasteiger charge is 2.17. The Morgan fingerprint density at radius 2 is 1.59 bits per heavy atom. The van der Waals surface area contributed by atoms with Crippen LogP contribution in [0.25, 0.3) is 11.2 Å². The van der Waals surface area contributed by atoms with Crippen LogP contribution in [0.5, 0.6) is 0 Å². The smallest absolute Gasteiger partial charge is 0.333 e. The number of carbonyl (C=O) groups is 1. The molecule has 0 atom stereocenters. The van der Waals surface area contributed by atoms with Crippen molar-refractivity contribution in [3.05, 3.63) is 104 Å². The molecule has 8 nitrogen and oxygen atoms in total. The van der Waals surface area contributed by atoms with Crippen molar-refractivity contribution in [1.29, 1.82) is 0 Å². The minimum atomic E-state index is -0.696. The van der Waals surface area contributed by atoms with Gasteiger partial charge in [-0.25, -0.2) is 19.2 Å². The van der Waals surface area contributed by atoms with Gasteiger partial charge in [0.25, 0.3) is 5.56 Å². The quantitative estimate of drug-likeness (QED) is 0.500. The third kappa shape index (κ3) is 4.46. The molecule has 2 aromatic carbocycles. The highest BCUT2D eigenvalue weighted by molar-refractivity contribution is 5.78. The summed E-state index contributed by atoms with van der Waals surface area (Å²) in [7, 11) is 0. The molecule has 0 aliphatic carbocycles. The molecule has 9 heteroatoms. The molecule has 0 fully saturated rings. The van der Waals surface area contributed by atoms with Gasteiger partial charge in [-0.3, -0.25) is 18.7 Å². The van der Waals surface area contributed by atoms with Crippen LogP contribution >= 0.6 is 0 Å². The highest BCUT2D eigenvalue weighted by atomic mass is 19.1. The number of rotatable bonds is 6. The molecule has 2 aromatic heterocycles. The fourth-order valence-corrected chi connectivity index (χ4v) is 3.29. The van der Waals surface area contributed by atoms with Crippen LogP contribution < -0.4 is 16.6 Å². The molecule has 2 heterocycles. The molecule has 0 spiro atoms. The molecule has 0 saturated heterocycles. The number of nitrogens with one attached hydrogen (secondary N) is 1. The molecule has 0 aliphatic heterocycles. The predicted octanol–water partition coefficient (Wildman–Crippen LogP) is 1.77. The topological polar surface area (TPSA) is 98.9 Å². The summed E-state index contributed by atoms with van der Waals surface area (Å²) in [5.74, 6) is -0.834. The second-order valence-corrected chi connectivity index (χ2v) is 7.38. The Morgan fingerprint density at radius 3 is 2.31 bits per heavy atom. The van der Waals surface area contributed by atoms with Gasteiger partial charge in [-0.1, -0.05) is 42.0 Å². The fraction of sp³-hybridized carbons (Fsp3) is 0.174. The van der Waals surface area contributed by atoms with E-state index in [-0.39, 0.29) is 24.3 Å². The minimum Gasteiger partial charge on any atom is -0.350 e. The zero-order valence-corrected chi connectivity index (χ0v) is 17.3. The van der Waals surface area contributed by atoms with Crippen molar-refractivity contribution in [2.24, 2.45) is 0 Å². The van der Waals surface area contributed by atoms with Crippen LogP contribution in [0.4, 0.5) is 4.39 Å². The standard InChI is InChI=1S/C23H20FN5O3/c1-15-2-4-16(5-3-15)12-27-19(30)14-28-21-20(25-10-11-26-21)22(31)29(23(28)32)13-17-6-8-18(24)9-7-17/h2-11H,12-14H2,1H3,(H,27,30). The molecule has 1 N–H and O–H groups in total. The third-order valence-corrected chi connectivity index (χ3v) is 5.01. The Labute approximate surface area is 182 Å². The monoisotopic (exact) mass is 433 g/mol. The number of fused-ring (bicyclic) bond motifs is 1. The maximum Gasteiger partial charge on any atom is 0.333 e. The number of benzene rings is 2. The van der Waals surface area contributed by atoms with Gasteiger partial charge in [0.2, 0.25) is 5.91 Å². The molecule has 0 saturated carbocycles. The molecule has 162 valence electrons. The van der Waals surface area contributed by atoms with Crippen molar-refractivity contribution >= 4 is 17.1 Å². The maximum absolute atomic E-state index is 13.2. The summed E-state index contributed by atoms with van der Waals surface area (Å²) in [4.78, 5) is 46.8. The first-order valence-corrected chi connectivity index (χ1v) is 9.93. The van der Waals surface area contributed by atoms with E-state index < -0.39 is 23.0 Å². The predicted molar refractivity (Wildman–Crippen MR) is 117 cm³/mol. The molecule has 0 bridgehead atoms. The van der Waals surface area contributed by atoms with Crippen molar-refractivity contribution < 1.29 is 9.18 Å². The van der Waals surface area contributed by atoms with E-state index in [9.17, 15) is 18.8 Å². The lowest BCUT2D eigenvalue weighted by Gasteiger charge is -2.13. The summed E-state index contributed by atoms with van der Waals surface area (Å²) in [5.41, 5.74) is 1.27. The van der Waals surface area contributed by atoms with E-state index in [0.717, 1.165) is 20.3 Å². The molecule has 0 unspecified atom stereocenters. The van der Waals surface area contributed by atoms with Crippen LogP contribution in [0.15, 0.2) is 70.5 Å². The van der Waals surface area contributed by atoms with E-state index in [1.165, 1.54) is 36.7 Å². The normalized spacial score (nSPS) is 10.9. The van der Waals surface area contributed by atoms with Crippen LogP contribution in [0, 0.1) is 12.7 Å². The van der Waals surface area contributed by atoms with Gasteiger partial charge in [0.1, 0.15) is 12.4 Å². The largest absolute Gasteiger partial charge is 0.350 e. The molecule has 32 heavy (non-hydrogen) atoms. The molecule has 4 aromatic rings. The number of hydrogen-bond donors (Lipinski definition) is 1. The van der Waals surface area contributed by atoms with E-state index in [0.29, 0.717) is 12.1 Å². The van der Waals surface area contributed by atoms with Gasteiger partial charge in [0.05, 0.1) is 6.54 Å². The first-order chi connectivity index (χ1) is 15.4. The first-order valence-electron chi connectivity index (χ1n) is 9.93. The van der Waals surface area contributed by atoms with Crippen molar-refractivity contribution in [2.45, 2.75) is 26.6 Å². The van der Waals surface area contributed by atoms with Crippen LogP contribution in [0.3, 0.4) is 0 Å². The van der Waals surface area contributed by atoms with E-state index in [1.807, 2.05) is 31.2 Å². The lowest BCUT2D eigenvalue weighted by molar-refractivity contribution is -0.121. The number of nitrogens with zero attached hydrogens (tertiary/aromatic N) is 4. The molecule has 0 radical (unpaired) electrons. The number of aryl methyl sites for hydroxylation is 1. The summed E-state index contributed by atoms with van der Waals surface area (Å²) in [6, 6.07) is 13.2. The van der Waals surface area contributed by atoms with Crippen LogP contribution in [-0.4, -0.2) is 25.0 Å². The Balaban J connectivity index is 1.66. The zero-order chi connectivity index (χ0) is 22.7. The van der Waals surface area contributed by atoms with Crippen LogP contribution in [-0.2, 0) is 24.4 Å². The Hall–Kier alpha value is -4.14. The number of halogens is 1. The SMILES string of the molecule is Cc1ccc(CNC(=O)Cn2c(=O)n(Cc3ccc(F)cc3)c(=O)c3nccnc32)cc1. The lowest BCUT2D eigenvalue weighted by atomic mass is 10.1. The van der Waals surface area contributed by atoms with Crippen LogP contribution in [0.1, 0.15) is 16.7 Å². The number of amides is 1. The number of hydrogen-bond acceptors (Lipinski definition) is 5. The number of aromatic nitrogens is 4. The molecule has 1 amide bonds. The van der Waals surface area contributed by atoms with Crippen molar-refractivity contribution in [3.63, 3.8) is 0 Å². The zero-order valence-electron chi connectivity index (χ0n) is 17.3. The molecular formula is C23H20FN5O3. The fourth-order valence-electron chi connectivity index (χ4n) is 3.29. The lowest BCUT2D eigenvalue weighted by Crippen LogP contribution is -2.43. The van der Waals surface area contributed by atoms with E-state index in [2.05, 4.69) is 15.3 Å². The van der Waals surface area contributed by atoms with E-state index in [1.54, 1.807) is 0 Å². The molecule has 0 aliphatic rings. The van der Waals surface area contributed by atoms with Crippen LogP contribution in [0.2, 0.25) is 0 Å². The second kappa shape index (κ2) is 8.93. The number of carbonyl (C=O) groups excluding carboxylic acids is 1. The second-order valence-electron chi connectivity index (χ2n) is 7.38. The summed E-state index contributed by atoms with van der Waals surface area (Å²) >= 11 is 0. The summed E-state index contributed by atoms with van der Waals surface area (Å²) in [5, 5.41) is 2.77. The van der Waals surface area contributed by atoms with E-state index >= 15 is 0 Å². The van der Waals surface area contributed by atoms with Gasteiger partial charge in [0.15, 0.2) is 11.2 Å². The summed E-state index contributed by atoms with van der Waals surface area (Å²) in [6.45, 7) is 1.85. The Bertz CT molecular complexity index is 1390. The van der Waals surface area contributed by atoms with Gasteiger partial charge in [0, 0.05) is 18.9 Å². The van der Waals surface area contributed by atoms with Crippen molar-refractivity contribution in [3.8, 4) is 0 Å². The van der Waals surface area contributed by atoms with E-state index in [4.69, 9.17) is 0 Å². The minimum absolute atomic E-state index is 0.0273. The Kier molecular flexibility index (Phi) is 5.89. The van der Waals surface area contributed by atoms with Gasteiger partial charge in [-0.15, -0.1) is 0 Å². The average Bonchev–Trinajstić information content (AvgIpc) is 2.80. The first kappa shape index (κ1) is 21.1.